The molecule has 1 atom stereocenters. The number of hydrogen-bond acceptors (Lipinski definition) is 4. The van der Waals surface area contributed by atoms with Crippen molar-refractivity contribution >= 4 is 11.6 Å². The maximum absolute atomic E-state index is 10.1. The summed E-state index contributed by atoms with van der Waals surface area (Å²) in [5.74, 6) is 0.233. The number of aliphatic hydroxyl groups excluding tert-OH is 1. The van der Waals surface area contributed by atoms with Crippen LogP contribution in [-0.4, -0.2) is 47.9 Å². The molecule has 1 heterocycles. The molecule has 0 saturated carbocycles. The average molecular weight is 271 g/mol. The first-order valence-electron chi connectivity index (χ1n) is 6.18. The van der Waals surface area contributed by atoms with Crippen molar-refractivity contribution in [2.24, 2.45) is 0 Å². The molecule has 100 valence electrons. The van der Waals surface area contributed by atoms with Crippen LogP contribution in [0.15, 0.2) is 12.1 Å². The molecule has 5 heteroatoms. The van der Waals surface area contributed by atoms with Crippen molar-refractivity contribution in [3.8, 4) is 5.75 Å². The molecular formula is C13H19ClN2O2. The molecule has 0 spiro atoms. The van der Waals surface area contributed by atoms with Gasteiger partial charge in [-0.05, 0) is 24.6 Å². The highest BCUT2D eigenvalue weighted by atomic mass is 35.5. The minimum Gasteiger partial charge on any atom is -0.507 e. The molecule has 0 unspecified atom stereocenters. The molecule has 1 aliphatic rings. The Morgan fingerprint density at radius 2 is 2.06 bits per heavy atom. The lowest BCUT2D eigenvalue weighted by molar-refractivity contribution is 0.109. The van der Waals surface area contributed by atoms with E-state index in [2.05, 4.69) is 10.2 Å². The number of phenols is 1. The van der Waals surface area contributed by atoms with Crippen LogP contribution < -0.4 is 5.32 Å². The van der Waals surface area contributed by atoms with Crippen molar-refractivity contribution in [2.45, 2.75) is 13.0 Å². The van der Waals surface area contributed by atoms with E-state index in [1.54, 1.807) is 12.1 Å². The molecule has 0 aromatic heterocycles. The third-order valence-electron chi connectivity index (χ3n) is 3.42. The highest BCUT2D eigenvalue weighted by molar-refractivity contribution is 6.30. The van der Waals surface area contributed by atoms with Gasteiger partial charge in [-0.25, -0.2) is 0 Å². The predicted octanol–water partition coefficient (Wildman–Crippen LogP) is 1.29. The van der Waals surface area contributed by atoms with Gasteiger partial charge in [-0.2, -0.15) is 0 Å². The standard InChI is InChI=1S/C13H19ClN2O2/c1-9-6-10(14)7-11(13(9)18)12(8-17)16-4-2-15-3-5-16/h6-7,12,15,17-18H,2-5,8H2,1H3/t12-/m1/s1. The number of nitrogens with one attached hydrogen (secondary N) is 1. The Bertz CT molecular complexity index is 420. The zero-order valence-corrected chi connectivity index (χ0v) is 11.2. The molecule has 2 rings (SSSR count). The van der Waals surface area contributed by atoms with E-state index >= 15 is 0 Å². The Hall–Kier alpha value is -0.810. The Kier molecular flexibility index (Phi) is 4.45. The lowest BCUT2D eigenvalue weighted by Gasteiger charge is -2.34. The normalized spacial score (nSPS) is 18.8. The van der Waals surface area contributed by atoms with Gasteiger partial charge in [0.05, 0.1) is 12.6 Å². The number of halogens is 1. The van der Waals surface area contributed by atoms with Crippen LogP contribution in [0, 0.1) is 6.92 Å². The maximum atomic E-state index is 10.1. The van der Waals surface area contributed by atoms with Crippen LogP contribution in [0.4, 0.5) is 0 Å². The smallest absolute Gasteiger partial charge is 0.123 e. The van der Waals surface area contributed by atoms with Crippen molar-refractivity contribution in [3.05, 3.63) is 28.3 Å². The molecule has 0 radical (unpaired) electrons. The molecule has 0 aliphatic carbocycles. The van der Waals surface area contributed by atoms with Crippen molar-refractivity contribution < 1.29 is 10.2 Å². The monoisotopic (exact) mass is 270 g/mol. The van der Waals surface area contributed by atoms with Gasteiger partial charge in [0.25, 0.3) is 0 Å². The van der Waals surface area contributed by atoms with E-state index in [4.69, 9.17) is 11.6 Å². The first-order valence-corrected chi connectivity index (χ1v) is 6.56. The minimum absolute atomic E-state index is 0.0205. The van der Waals surface area contributed by atoms with Crippen molar-refractivity contribution in [3.63, 3.8) is 0 Å². The van der Waals surface area contributed by atoms with Gasteiger partial charge in [0, 0.05) is 36.8 Å². The van der Waals surface area contributed by atoms with Crippen LogP contribution in [-0.2, 0) is 0 Å². The highest BCUT2D eigenvalue weighted by Crippen LogP contribution is 2.33. The molecule has 0 amide bonds. The molecule has 1 aliphatic heterocycles. The number of hydrogen-bond donors (Lipinski definition) is 3. The Morgan fingerprint density at radius 3 is 2.67 bits per heavy atom. The van der Waals surface area contributed by atoms with Crippen LogP contribution in [0.1, 0.15) is 17.2 Å². The van der Waals surface area contributed by atoms with E-state index in [9.17, 15) is 10.2 Å². The fourth-order valence-electron chi connectivity index (χ4n) is 2.42. The summed E-state index contributed by atoms with van der Waals surface area (Å²) in [7, 11) is 0. The van der Waals surface area contributed by atoms with Gasteiger partial charge >= 0.3 is 0 Å². The van der Waals surface area contributed by atoms with Crippen LogP contribution in [0.5, 0.6) is 5.75 Å². The van der Waals surface area contributed by atoms with E-state index in [1.165, 1.54) is 0 Å². The van der Waals surface area contributed by atoms with Crippen LogP contribution in [0.2, 0.25) is 5.02 Å². The van der Waals surface area contributed by atoms with Crippen LogP contribution in [0.3, 0.4) is 0 Å². The summed E-state index contributed by atoms with van der Waals surface area (Å²) in [5.41, 5.74) is 1.45. The Balaban J connectivity index is 2.31. The van der Waals surface area contributed by atoms with E-state index in [0.717, 1.165) is 31.7 Å². The van der Waals surface area contributed by atoms with E-state index in [0.29, 0.717) is 10.6 Å². The van der Waals surface area contributed by atoms with Gasteiger partial charge in [-0.15, -0.1) is 0 Å². The van der Waals surface area contributed by atoms with Gasteiger partial charge in [-0.3, -0.25) is 4.90 Å². The molecular weight excluding hydrogens is 252 g/mol. The predicted molar refractivity (Wildman–Crippen MR) is 72.1 cm³/mol. The zero-order chi connectivity index (χ0) is 13.1. The van der Waals surface area contributed by atoms with Gasteiger partial charge in [0.1, 0.15) is 5.75 Å². The molecule has 1 aromatic carbocycles. The topological polar surface area (TPSA) is 55.7 Å². The molecule has 0 bridgehead atoms. The zero-order valence-electron chi connectivity index (χ0n) is 10.5. The minimum atomic E-state index is -0.190. The third-order valence-corrected chi connectivity index (χ3v) is 3.64. The fourth-order valence-corrected chi connectivity index (χ4v) is 2.70. The lowest BCUT2D eigenvalue weighted by Crippen LogP contribution is -2.46. The number of aryl methyl sites for hydroxylation is 1. The molecule has 1 fully saturated rings. The number of rotatable bonds is 3. The first kappa shape index (κ1) is 13.6. The summed E-state index contributed by atoms with van der Waals surface area (Å²) >= 11 is 6.04. The van der Waals surface area contributed by atoms with E-state index in [1.807, 2.05) is 6.92 Å². The number of benzene rings is 1. The fraction of sp³-hybridized carbons (Fsp3) is 0.538. The maximum Gasteiger partial charge on any atom is 0.123 e. The Morgan fingerprint density at radius 1 is 1.39 bits per heavy atom. The number of nitrogens with zero attached hydrogens (tertiary/aromatic N) is 1. The number of phenolic OH excluding ortho intramolecular Hbond substituents is 1. The van der Waals surface area contributed by atoms with Crippen molar-refractivity contribution in [2.75, 3.05) is 32.8 Å². The second-order valence-electron chi connectivity index (χ2n) is 4.64. The summed E-state index contributed by atoms with van der Waals surface area (Å²) in [6.07, 6.45) is 0. The quantitative estimate of drug-likeness (QED) is 0.775. The number of piperazine rings is 1. The van der Waals surface area contributed by atoms with Crippen molar-refractivity contribution in [1.29, 1.82) is 0 Å². The molecule has 3 N–H and O–H groups in total. The third kappa shape index (κ3) is 2.78. The van der Waals surface area contributed by atoms with Gasteiger partial charge in [0.15, 0.2) is 0 Å². The SMILES string of the molecule is Cc1cc(Cl)cc([C@@H](CO)N2CCNCC2)c1O. The number of aromatic hydroxyl groups is 1. The summed E-state index contributed by atoms with van der Waals surface area (Å²) < 4.78 is 0. The molecule has 1 aromatic rings. The van der Waals surface area contributed by atoms with Crippen LogP contribution in [0.25, 0.3) is 0 Å². The molecule has 1 saturated heterocycles. The second-order valence-corrected chi connectivity index (χ2v) is 5.08. The first-order chi connectivity index (χ1) is 8.63. The van der Waals surface area contributed by atoms with E-state index in [-0.39, 0.29) is 18.4 Å². The van der Waals surface area contributed by atoms with Gasteiger partial charge < -0.3 is 15.5 Å². The number of aliphatic hydroxyl groups is 1. The highest BCUT2D eigenvalue weighted by Gasteiger charge is 2.24. The van der Waals surface area contributed by atoms with Crippen LogP contribution >= 0.6 is 11.6 Å². The van der Waals surface area contributed by atoms with Gasteiger partial charge in [-0.1, -0.05) is 11.6 Å². The molecule has 4 nitrogen and oxygen atoms in total. The molecule has 18 heavy (non-hydrogen) atoms. The van der Waals surface area contributed by atoms with Crippen molar-refractivity contribution in [1.82, 2.24) is 10.2 Å². The summed E-state index contributed by atoms with van der Waals surface area (Å²) in [6, 6.07) is 3.28. The lowest BCUT2D eigenvalue weighted by atomic mass is 10.0. The Labute approximate surface area is 112 Å². The van der Waals surface area contributed by atoms with Gasteiger partial charge in [0.2, 0.25) is 0 Å². The summed E-state index contributed by atoms with van der Waals surface area (Å²) in [5, 5.41) is 23.6. The second kappa shape index (κ2) is 5.89. The summed E-state index contributed by atoms with van der Waals surface area (Å²) in [4.78, 5) is 2.17. The van der Waals surface area contributed by atoms with E-state index < -0.39 is 0 Å². The average Bonchev–Trinajstić information content (AvgIpc) is 2.37. The largest absolute Gasteiger partial charge is 0.507 e. The summed E-state index contributed by atoms with van der Waals surface area (Å²) in [6.45, 7) is 5.31.